The van der Waals surface area contributed by atoms with Gasteiger partial charge in [-0.05, 0) is 86.0 Å². The minimum absolute atomic E-state index is 0.130. The predicted molar refractivity (Wildman–Crippen MR) is 214 cm³/mol. The van der Waals surface area contributed by atoms with Gasteiger partial charge in [-0.15, -0.1) is 0 Å². The molecule has 3 aliphatic rings. The zero-order chi connectivity index (χ0) is 42.7. The van der Waals surface area contributed by atoms with Crippen LogP contribution in [0.2, 0.25) is 0 Å². The number of hydrogen-bond donors (Lipinski definition) is 1. The molecule has 0 spiro atoms. The molecule has 0 radical (unpaired) electrons. The van der Waals surface area contributed by atoms with E-state index < -0.39 is 83.4 Å². The molecule has 0 bridgehead atoms. The van der Waals surface area contributed by atoms with Gasteiger partial charge in [0.05, 0.1) is 35.9 Å². The normalized spacial score (nSPS) is 36.7. The highest BCUT2D eigenvalue weighted by atomic mass is 16.7. The number of hydrogen-bond acceptors (Lipinski definition) is 13. The van der Waals surface area contributed by atoms with E-state index in [4.69, 9.17) is 23.7 Å². The number of nitrogens with zero attached hydrogens (tertiary/aromatic N) is 5. The second-order valence-electron chi connectivity index (χ2n) is 17.3. The topological polar surface area (TPSA) is 172 Å². The molecule has 2 aromatic heterocycles. The summed E-state index contributed by atoms with van der Waals surface area (Å²) in [5.41, 5.74) is -0.938. The molecule has 3 aliphatic heterocycles. The summed E-state index contributed by atoms with van der Waals surface area (Å²) >= 11 is 0. The molecular weight excluding hydrogens is 746 g/mol. The fourth-order valence-electron chi connectivity index (χ4n) is 9.43. The third-order valence-corrected chi connectivity index (χ3v) is 12.8. The summed E-state index contributed by atoms with van der Waals surface area (Å²) in [4.78, 5) is 69.0. The number of imidazole rings is 1. The first-order valence-electron chi connectivity index (χ1n) is 20.8. The SMILES string of the molecule is CC[C@H]1OC(=O)[C@H](C)C(=O)[C@H](C)[C@@H](O[C@@H]2O[C@H](C)CC(N(C)C)C2O)[C@](C)(OC)C[C@@H](C)C(=O)[C@H](C)[C@H]2N(CCCCn3cnc(-c4cccnc4)c3)C(=O)O[C@]12C. The molecule has 15 heteroatoms. The van der Waals surface area contributed by atoms with E-state index in [1.54, 1.807) is 51.3 Å². The summed E-state index contributed by atoms with van der Waals surface area (Å²) in [5.74, 6) is -4.95. The minimum Gasteiger partial charge on any atom is -0.458 e. The third-order valence-electron chi connectivity index (χ3n) is 12.8. The maximum Gasteiger partial charge on any atom is 0.410 e. The first-order chi connectivity index (χ1) is 27.4. The number of fused-ring (bicyclic) bond motifs is 1. The van der Waals surface area contributed by atoms with Crippen molar-refractivity contribution in [2.75, 3.05) is 27.7 Å². The van der Waals surface area contributed by atoms with E-state index in [0.29, 0.717) is 32.4 Å². The lowest BCUT2D eigenvalue weighted by atomic mass is 9.73. The highest BCUT2D eigenvalue weighted by molar-refractivity contribution is 6.00. The minimum atomic E-state index is -1.40. The molecule has 3 saturated heterocycles. The van der Waals surface area contributed by atoms with Gasteiger partial charge in [-0.2, -0.15) is 0 Å². The average molecular weight is 812 g/mol. The Kier molecular flexibility index (Phi) is 14.6. The number of likely N-dealkylation sites (N-methyl/N-ethyl adjacent to an activating group) is 1. The molecule has 0 aliphatic carbocycles. The van der Waals surface area contributed by atoms with Gasteiger partial charge in [0.1, 0.15) is 23.9 Å². The van der Waals surface area contributed by atoms with Crippen molar-refractivity contribution in [2.45, 2.75) is 148 Å². The van der Waals surface area contributed by atoms with Crippen molar-refractivity contribution < 1.29 is 48.0 Å². The molecule has 0 saturated carbocycles. The van der Waals surface area contributed by atoms with Crippen LogP contribution in [0.15, 0.2) is 37.1 Å². The van der Waals surface area contributed by atoms with Gasteiger partial charge >= 0.3 is 12.1 Å². The van der Waals surface area contributed by atoms with Gasteiger partial charge < -0.3 is 43.2 Å². The lowest BCUT2D eigenvalue weighted by molar-refractivity contribution is -0.295. The van der Waals surface area contributed by atoms with Crippen molar-refractivity contribution in [3.63, 3.8) is 0 Å². The summed E-state index contributed by atoms with van der Waals surface area (Å²) in [6.45, 7) is 14.9. The Morgan fingerprint density at radius 1 is 1.02 bits per heavy atom. The summed E-state index contributed by atoms with van der Waals surface area (Å²) in [6, 6.07) is 2.74. The summed E-state index contributed by atoms with van der Waals surface area (Å²) in [7, 11) is 5.24. The number of aromatic nitrogens is 3. The largest absolute Gasteiger partial charge is 0.458 e. The molecule has 1 amide bonds. The lowest BCUT2D eigenvalue weighted by Gasteiger charge is -2.47. The van der Waals surface area contributed by atoms with Crippen molar-refractivity contribution in [1.29, 1.82) is 0 Å². The molecule has 322 valence electrons. The Morgan fingerprint density at radius 3 is 2.36 bits per heavy atom. The number of rotatable bonds is 11. The number of methoxy groups -OCH3 is 1. The molecule has 1 N–H and O–H groups in total. The molecular formula is C43H65N5O10. The average Bonchev–Trinajstić information content (AvgIpc) is 3.78. The summed E-state index contributed by atoms with van der Waals surface area (Å²) in [6.07, 6.45) is 4.45. The number of cyclic esters (lactones) is 1. The van der Waals surface area contributed by atoms with E-state index in [-0.39, 0.29) is 30.8 Å². The van der Waals surface area contributed by atoms with Gasteiger partial charge in [0, 0.05) is 68.1 Å². The van der Waals surface area contributed by atoms with Crippen molar-refractivity contribution in [3.8, 4) is 11.3 Å². The quantitative estimate of drug-likeness (QED) is 0.184. The number of aliphatic hydroxyl groups is 1. The van der Waals surface area contributed by atoms with E-state index in [2.05, 4.69) is 9.97 Å². The predicted octanol–water partition coefficient (Wildman–Crippen LogP) is 4.93. The van der Waals surface area contributed by atoms with Crippen LogP contribution in [0, 0.1) is 23.7 Å². The summed E-state index contributed by atoms with van der Waals surface area (Å²) < 4.78 is 33.2. The fraction of sp³-hybridized carbons (Fsp3) is 0.721. The van der Waals surface area contributed by atoms with Crippen molar-refractivity contribution in [2.24, 2.45) is 23.7 Å². The zero-order valence-electron chi connectivity index (χ0n) is 36.1. The molecule has 5 rings (SSSR count). The van der Waals surface area contributed by atoms with E-state index >= 15 is 0 Å². The third kappa shape index (κ3) is 9.33. The Balaban J connectivity index is 1.43. The van der Waals surface area contributed by atoms with Crippen LogP contribution in [-0.2, 0) is 44.6 Å². The Hall–Kier alpha value is -3.76. The smallest absolute Gasteiger partial charge is 0.410 e. The standard InChI is InChI=1S/C43H65N5O10/c1-12-33-43(8)37(48(41(53)58-43)19-14-13-18-47-23-31(45-24-47)30-16-15-17-44-22-30)27(4)34(49)25(2)21-42(7,54-11)38(28(5)35(50)29(6)39(52)56-33)57-40-36(51)32(46(9)10)20-26(3)55-40/h15-17,22-29,32-33,36-38,40,51H,12-14,18-21H2,1-11H3/t25-,26-,27+,28+,29-,32?,33-,36?,37-,38-,40+,42-,43-/m1/s1. The van der Waals surface area contributed by atoms with E-state index in [1.165, 1.54) is 14.0 Å². The molecule has 0 aromatic carbocycles. The van der Waals surface area contributed by atoms with Gasteiger partial charge in [0.25, 0.3) is 0 Å². The number of aryl methyl sites for hydroxylation is 1. The number of carbonyl (C=O) groups is 4. The van der Waals surface area contributed by atoms with Gasteiger partial charge in [-0.1, -0.05) is 27.7 Å². The van der Waals surface area contributed by atoms with Gasteiger partial charge in [0.15, 0.2) is 17.7 Å². The van der Waals surface area contributed by atoms with Crippen LogP contribution in [0.4, 0.5) is 4.79 Å². The van der Waals surface area contributed by atoms with Gasteiger partial charge in [0.2, 0.25) is 0 Å². The van der Waals surface area contributed by atoms with E-state index in [0.717, 1.165) is 11.3 Å². The molecule has 2 unspecified atom stereocenters. The van der Waals surface area contributed by atoms with Gasteiger partial charge in [-0.3, -0.25) is 19.4 Å². The monoisotopic (exact) mass is 811 g/mol. The van der Waals surface area contributed by atoms with Crippen molar-refractivity contribution in [1.82, 2.24) is 24.3 Å². The number of aliphatic hydroxyl groups excluding tert-OH is 1. The number of amides is 1. The van der Waals surface area contributed by atoms with Crippen LogP contribution in [0.3, 0.4) is 0 Å². The van der Waals surface area contributed by atoms with E-state index in [9.17, 15) is 24.3 Å². The van der Waals surface area contributed by atoms with Crippen LogP contribution in [-0.4, -0.2) is 135 Å². The Morgan fingerprint density at radius 2 is 1.72 bits per heavy atom. The molecule has 2 aromatic rings. The fourth-order valence-corrected chi connectivity index (χ4v) is 9.43. The number of pyridine rings is 1. The van der Waals surface area contributed by atoms with Crippen LogP contribution in [0.5, 0.6) is 0 Å². The first-order valence-corrected chi connectivity index (χ1v) is 20.8. The van der Waals surface area contributed by atoms with Crippen LogP contribution in [0.1, 0.15) is 87.5 Å². The number of esters is 1. The van der Waals surface area contributed by atoms with Crippen LogP contribution < -0.4 is 0 Å². The maximum atomic E-state index is 14.7. The molecule has 13 atom stereocenters. The molecule has 15 nitrogen and oxygen atoms in total. The molecule has 3 fully saturated rings. The lowest BCUT2D eigenvalue weighted by Crippen LogP contribution is -2.60. The van der Waals surface area contributed by atoms with Crippen molar-refractivity contribution >= 4 is 23.6 Å². The van der Waals surface area contributed by atoms with E-state index in [1.807, 2.05) is 62.7 Å². The highest BCUT2D eigenvalue weighted by Gasteiger charge is 2.60. The van der Waals surface area contributed by atoms with Crippen molar-refractivity contribution in [3.05, 3.63) is 37.1 Å². The van der Waals surface area contributed by atoms with Crippen LogP contribution >= 0.6 is 0 Å². The maximum absolute atomic E-state index is 14.7. The van der Waals surface area contributed by atoms with Crippen LogP contribution in [0.25, 0.3) is 11.3 Å². The van der Waals surface area contributed by atoms with Gasteiger partial charge in [-0.25, -0.2) is 9.78 Å². The number of unbranched alkanes of at least 4 members (excludes halogenated alkanes) is 1. The first kappa shape index (κ1) is 45.3. The zero-order valence-corrected chi connectivity index (χ0v) is 36.1. The Labute approximate surface area is 343 Å². The summed E-state index contributed by atoms with van der Waals surface area (Å²) in [5, 5.41) is 11.4. The second kappa shape index (κ2) is 18.7. The molecule has 58 heavy (non-hydrogen) atoms. The molecule has 5 heterocycles. The number of Topliss-reactive ketones (excluding diaryl/α,β-unsaturated/α-hetero) is 2. The highest BCUT2D eigenvalue weighted by Crippen LogP contribution is 2.43. The second-order valence-corrected chi connectivity index (χ2v) is 17.3. The number of ketones is 2. The Bertz CT molecular complexity index is 1740. The number of carbonyl (C=O) groups excluding carboxylic acids is 4. The number of ether oxygens (including phenoxy) is 5.